The number of aromatic hydroxyl groups is 3. The van der Waals surface area contributed by atoms with E-state index < -0.39 is 5.54 Å². The summed E-state index contributed by atoms with van der Waals surface area (Å²) in [4.78, 5) is 0. The Hall–Kier alpha value is -1.42. The lowest BCUT2D eigenvalue weighted by Gasteiger charge is -2.18. The summed E-state index contributed by atoms with van der Waals surface area (Å²) < 4.78 is 0. The van der Waals surface area contributed by atoms with E-state index in [9.17, 15) is 15.3 Å². The molecule has 1 aromatic carbocycles. The molecule has 5 N–H and O–H groups in total. The van der Waals surface area contributed by atoms with E-state index in [1.807, 2.05) is 13.8 Å². The van der Waals surface area contributed by atoms with Crippen molar-refractivity contribution < 1.29 is 15.3 Å². The third-order valence-electron chi connectivity index (χ3n) is 3.33. The topological polar surface area (TPSA) is 86.7 Å². The second kappa shape index (κ2) is 2.58. The van der Waals surface area contributed by atoms with Gasteiger partial charge in [-0.2, -0.15) is 0 Å². The van der Waals surface area contributed by atoms with Gasteiger partial charge in [0.25, 0.3) is 0 Å². The Morgan fingerprint density at radius 1 is 1.13 bits per heavy atom. The Bertz CT molecular complexity index is 405. The van der Waals surface area contributed by atoms with Crippen molar-refractivity contribution in [3.63, 3.8) is 0 Å². The molecule has 82 valence electrons. The molecule has 0 spiro atoms. The third-order valence-corrected chi connectivity index (χ3v) is 3.33. The highest BCUT2D eigenvalue weighted by molar-refractivity contribution is 5.55. The van der Waals surface area contributed by atoms with Gasteiger partial charge in [-0.05, 0) is 11.8 Å². The average Bonchev–Trinajstić information content (AvgIpc) is 2.47. The van der Waals surface area contributed by atoms with Crippen molar-refractivity contribution >= 4 is 0 Å². The van der Waals surface area contributed by atoms with E-state index in [2.05, 4.69) is 0 Å². The van der Waals surface area contributed by atoms with E-state index in [4.69, 9.17) is 5.73 Å². The van der Waals surface area contributed by atoms with Crippen LogP contribution in [-0.2, 0) is 5.54 Å². The number of phenols is 3. The molecule has 1 aliphatic carbocycles. The van der Waals surface area contributed by atoms with Gasteiger partial charge in [-0.1, -0.05) is 13.8 Å². The molecule has 0 amide bonds. The lowest BCUT2D eigenvalue weighted by molar-refractivity contribution is 0.394. The maximum atomic E-state index is 9.68. The standard InChI is InChI=1S/C11H15NO3/c1-10(2)5-11(10,12)9-7(14)3-6(13)4-8(9)15/h3-4,13-15H,5,12H2,1-2H3. The highest BCUT2D eigenvalue weighted by Gasteiger charge is 2.61. The Kier molecular flexibility index (Phi) is 1.74. The minimum Gasteiger partial charge on any atom is -0.508 e. The molecule has 2 rings (SSSR count). The number of rotatable bonds is 1. The zero-order valence-corrected chi connectivity index (χ0v) is 8.78. The Morgan fingerprint density at radius 2 is 1.53 bits per heavy atom. The van der Waals surface area contributed by atoms with Gasteiger partial charge in [-0.3, -0.25) is 0 Å². The molecule has 0 heterocycles. The fourth-order valence-corrected chi connectivity index (χ4v) is 2.13. The lowest BCUT2D eigenvalue weighted by Crippen LogP contribution is -2.25. The number of hydrogen-bond donors (Lipinski definition) is 4. The van der Waals surface area contributed by atoms with E-state index in [1.165, 1.54) is 12.1 Å². The number of benzene rings is 1. The molecule has 1 unspecified atom stereocenters. The van der Waals surface area contributed by atoms with Gasteiger partial charge < -0.3 is 21.1 Å². The minimum atomic E-state index is -0.700. The first-order chi connectivity index (χ1) is 6.78. The minimum absolute atomic E-state index is 0.140. The molecule has 1 atom stereocenters. The molecule has 1 fully saturated rings. The van der Waals surface area contributed by atoms with Crippen LogP contribution in [0.3, 0.4) is 0 Å². The second-order valence-corrected chi connectivity index (χ2v) is 4.89. The van der Waals surface area contributed by atoms with Crippen molar-refractivity contribution in [2.75, 3.05) is 0 Å². The van der Waals surface area contributed by atoms with Gasteiger partial charge in [0.05, 0.1) is 11.1 Å². The summed E-state index contributed by atoms with van der Waals surface area (Å²) in [5.74, 6) is -0.475. The van der Waals surface area contributed by atoms with Crippen molar-refractivity contribution in [3.8, 4) is 17.2 Å². The van der Waals surface area contributed by atoms with Crippen LogP contribution in [0.4, 0.5) is 0 Å². The van der Waals surface area contributed by atoms with Gasteiger partial charge in [0, 0.05) is 12.1 Å². The van der Waals surface area contributed by atoms with Crippen molar-refractivity contribution in [2.45, 2.75) is 25.8 Å². The van der Waals surface area contributed by atoms with Crippen molar-refractivity contribution in [2.24, 2.45) is 11.1 Å². The van der Waals surface area contributed by atoms with Gasteiger partial charge >= 0.3 is 0 Å². The molecule has 1 aliphatic rings. The summed E-state index contributed by atoms with van der Waals surface area (Å²) >= 11 is 0. The van der Waals surface area contributed by atoms with Crippen LogP contribution in [0, 0.1) is 5.41 Å². The van der Waals surface area contributed by atoms with Gasteiger partial charge in [0.15, 0.2) is 0 Å². The maximum Gasteiger partial charge on any atom is 0.128 e. The Morgan fingerprint density at radius 3 is 1.87 bits per heavy atom. The molecule has 0 radical (unpaired) electrons. The van der Waals surface area contributed by atoms with Gasteiger partial charge in [-0.25, -0.2) is 0 Å². The van der Waals surface area contributed by atoms with Crippen molar-refractivity contribution in [1.29, 1.82) is 0 Å². The Labute approximate surface area is 88.0 Å². The predicted molar refractivity (Wildman–Crippen MR) is 55.7 cm³/mol. The van der Waals surface area contributed by atoms with Crippen LogP contribution in [0.15, 0.2) is 12.1 Å². The summed E-state index contributed by atoms with van der Waals surface area (Å²) in [5, 5.41) is 28.5. The van der Waals surface area contributed by atoms with Crippen LogP contribution in [0.1, 0.15) is 25.8 Å². The first-order valence-corrected chi connectivity index (χ1v) is 4.82. The number of phenolic OH excluding ortho intramolecular Hbond substituents is 3. The van der Waals surface area contributed by atoms with Gasteiger partial charge in [-0.15, -0.1) is 0 Å². The fraction of sp³-hybridized carbons (Fsp3) is 0.455. The molecular formula is C11H15NO3. The van der Waals surface area contributed by atoms with Crippen LogP contribution in [-0.4, -0.2) is 15.3 Å². The highest BCUT2D eigenvalue weighted by atomic mass is 16.3. The summed E-state index contributed by atoms with van der Waals surface area (Å²) in [6.07, 6.45) is 0.700. The average molecular weight is 209 g/mol. The fourth-order valence-electron chi connectivity index (χ4n) is 2.13. The molecule has 0 aromatic heterocycles. The monoisotopic (exact) mass is 209 g/mol. The first kappa shape index (κ1) is 10.1. The van der Waals surface area contributed by atoms with E-state index in [-0.39, 0.29) is 22.7 Å². The quantitative estimate of drug-likeness (QED) is 0.563. The van der Waals surface area contributed by atoms with Crippen LogP contribution >= 0.6 is 0 Å². The highest BCUT2D eigenvalue weighted by Crippen LogP contribution is 2.63. The lowest BCUT2D eigenvalue weighted by atomic mass is 9.95. The van der Waals surface area contributed by atoms with Crippen LogP contribution < -0.4 is 5.73 Å². The van der Waals surface area contributed by atoms with Crippen LogP contribution in [0.2, 0.25) is 0 Å². The van der Waals surface area contributed by atoms with Crippen LogP contribution in [0.5, 0.6) is 17.2 Å². The first-order valence-electron chi connectivity index (χ1n) is 4.82. The molecular weight excluding hydrogens is 194 g/mol. The van der Waals surface area contributed by atoms with Gasteiger partial charge in [0.1, 0.15) is 17.2 Å². The SMILES string of the molecule is CC1(C)CC1(N)c1c(O)cc(O)cc1O. The van der Waals surface area contributed by atoms with Gasteiger partial charge in [0.2, 0.25) is 0 Å². The largest absolute Gasteiger partial charge is 0.508 e. The molecule has 0 saturated heterocycles. The second-order valence-electron chi connectivity index (χ2n) is 4.89. The third kappa shape index (κ3) is 1.25. The normalized spacial score (nSPS) is 27.7. The van der Waals surface area contributed by atoms with E-state index >= 15 is 0 Å². The molecule has 15 heavy (non-hydrogen) atoms. The van der Waals surface area contributed by atoms with E-state index in [0.717, 1.165) is 0 Å². The summed E-state index contributed by atoms with van der Waals surface area (Å²) in [5.41, 5.74) is 5.58. The molecule has 1 saturated carbocycles. The molecule has 0 aliphatic heterocycles. The summed E-state index contributed by atoms with van der Waals surface area (Å²) in [6, 6.07) is 2.39. The molecule has 1 aromatic rings. The van der Waals surface area contributed by atoms with Crippen LogP contribution in [0.25, 0.3) is 0 Å². The smallest absolute Gasteiger partial charge is 0.128 e. The molecule has 0 bridgehead atoms. The zero-order chi connectivity index (χ0) is 11.4. The number of hydrogen-bond acceptors (Lipinski definition) is 4. The van der Waals surface area contributed by atoms with Crippen molar-refractivity contribution in [1.82, 2.24) is 0 Å². The Balaban J connectivity index is 2.56. The van der Waals surface area contributed by atoms with E-state index in [1.54, 1.807) is 0 Å². The summed E-state index contributed by atoms with van der Waals surface area (Å²) in [6.45, 7) is 3.94. The summed E-state index contributed by atoms with van der Waals surface area (Å²) in [7, 11) is 0. The number of nitrogens with two attached hydrogens (primary N) is 1. The maximum absolute atomic E-state index is 9.68. The molecule has 4 heteroatoms. The zero-order valence-electron chi connectivity index (χ0n) is 8.78. The van der Waals surface area contributed by atoms with Crippen molar-refractivity contribution in [3.05, 3.63) is 17.7 Å². The van der Waals surface area contributed by atoms with E-state index in [0.29, 0.717) is 12.0 Å². The predicted octanol–water partition coefficient (Wildman–Crippen LogP) is 1.39. The molecule has 4 nitrogen and oxygen atoms in total.